The van der Waals surface area contributed by atoms with Crippen LogP contribution in [0.25, 0.3) is 22.4 Å². The molecule has 1 aliphatic carbocycles. The minimum absolute atomic E-state index is 1.29. The van der Waals surface area contributed by atoms with Crippen LogP contribution in [0.15, 0.2) is 66.7 Å². The van der Waals surface area contributed by atoms with Gasteiger partial charge >= 0.3 is 0 Å². The molecule has 0 atom stereocenters. The molecule has 0 bridgehead atoms. The largest absolute Gasteiger partial charge is 0.0622 e. The van der Waals surface area contributed by atoms with E-state index in [0.717, 1.165) is 0 Å². The third-order valence-corrected chi connectivity index (χ3v) is 3.61. The Kier molecular flexibility index (Phi) is 1.92. The van der Waals surface area contributed by atoms with Gasteiger partial charge in [-0.2, -0.15) is 0 Å². The minimum atomic E-state index is 1.29. The molecule has 3 aromatic carbocycles. The van der Waals surface area contributed by atoms with Gasteiger partial charge in [-0.1, -0.05) is 66.7 Å². The molecular formula is C18H12. The molecule has 84 valence electrons. The maximum atomic E-state index is 2.30. The normalized spacial score (nSPS) is 12.8. The van der Waals surface area contributed by atoms with E-state index in [1.54, 1.807) is 0 Å². The first-order valence-electron chi connectivity index (χ1n) is 6.23. The van der Waals surface area contributed by atoms with Crippen molar-refractivity contribution in [1.82, 2.24) is 0 Å². The number of rotatable bonds is 1. The maximum Gasteiger partial charge on any atom is -0.00324 e. The van der Waals surface area contributed by atoms with E-state index in [0.29, 0.717) is 0 Å². The van der Waals surface area contributed by atoms with E-state index in [2.05, 4.69) is 72.8 Å². The van der Waals surface area contributed by atoms with Crippen LogP contribution in [-0.4, -0.2) is 0 Å². The van der Waals surface area contributed by atoms with E-state index in [1.165, 1.54) is 33.0 Å². The summed E-state index contributed by atoms with van der Waals surface area (Å²) < 4.78 is 0. The van der Waals surface area contributed by atoms with E-state index in [4.69, 9.17) is 0 Å². The quantitative estimate of drug-likeness (QED) is 0.441. The van der Waals surface area contributed by atoms with Gasteiger partial charge in [-0.05, 0) is 39.1 Å². The molecule has 0 saturated carbocycles. The molecule has 0 fully saturated rings. The Morgan fingerprint density at radius 2 is 1.39 bits per heavy atom. The monoisotopic (exact) mass is 228 g/mol. The molecule has 0 amide bonds. The standard InChI is InChI=1S/C18H12/c1-2-6-13(7-3-1)17-12-15-10-4-8-14-9-5-11-16(17)18(14)15/h1-12H. The fourth-order valence-electron chi connectivity index (χ4n) is 2.80. The lowest BCUT2D eigenvalue weighted by Crippen LogP contribution is -1.84. The molecule has 0 heterocycles. The Bertz CT molecular complexity index is 759. The molecule has 4 rings (SSSR count). The van der Waals surface area contributed by atoms with Gasteiger partial charge in [0, 0.05) is 0 Å². The number of benzene rings is 3. The van der Waals surface area contributed by atoms with E-state index < -0.39 is 0 Å². The van der Waals surface area contributed by atoms with Crippen LogP contribution in [0.2, 0.25) is 0 Å². The first kappa shape index (κ1) is 9.67. The van der Waals surface area contributed by atoms with Gasteiger partial charge < -0.3 is 0 Å². The highest BCUT2D eigenvalue weighted by Crippen LogP contribution is 2.39. The molecule has 1 aliphatic rings. The minimum Gasteiger partial charge on any atom is -0.0622 e. The predicted molar refractivity (Wildman–Crippen MR) is 77.4 cm³/mol. The second-order valence-corrected chi connectivity index (χ2v) is 4.67. The predicted octanol–water partition coefficient (Wildman–Crippen LogP) is 4.74. The van der Waals surface area contributed by atoms with Crippen molar-refractivity contribution in [1.29, 1.82) is 0 Å². The molecule has 0 aromatic heterocycles. The van der Waals surface area contributed by atoms with Crippen molar-refractivity contribution >= 4 is 22.4 Å². The Hall–Kier alpha value is -2.34. The zero-order valence-corrected chi connectivity index (χ0v) is 9.93. The Labute approximate surface area is 106 Å². The lowest BCUT2D eigenvalue weighted by molar-refractivity contribution is 1.61. The van der Waals surface area contributed by atoms with Gasteiger partial charge in [-0.3, -0.25) is 0 Å². The van der Waals surface area contributed by atoms with Crippen LogP contribution in [0.3, 0.4) is 0 Å². The zero-order valence-electron chi connectivity index (χ0n) is 9.93. The SMILES string of the molecule is C1=C(c2ccccc2)c2cccc3cccc1c23. The Morgan fingerprint density at radius 3 is 2.22 bits per heavy atom. The van der Waals surface area contributed by atoms with E-state index in [9.17, 15) is 0 Å². The second-order valence-electron chi connectivity index (χ2n) is 4.67. The van der Waals surface area contributed by atoms with E-state index in [1.807, 2.05) is 0 Å². The molecule has 18 heavy (non-hydrogen) atoms. The summed E-state index contributed by atoms with van der Waals surface area (Å²) in [4.78, 5) is 0. The average Bonchev–Trinajstić information content (AvgIpc) is 2.82. The van der Waals surface area contributed by atoms with Crippen LogP contribution in [-0.2, 0) is 0 Å². The van der Waals surface area contributed by atoms with Gasteiger partial charge in [-0.25, -0.2) is 0 Å². The van der Waals surface area contributed by atoms with Gasteiger partial charge in [0.15, 0.2) is 0 Å². The Balaban J connectivity index is 2.04. The molecular weight excluding hydrogens is 216 g/mol. The summed E-state index contributed by atoms with van der Waals surface area (Å²) in [6, 6.07) is 23.7. The molecule has 0 aliphatic heterocycles. The lowest BCUT2D eigenvalue weighted by atomic mass is 9.98. The van der Waals surface area contributed by atoms with E-state index in [-0.39, 0.29) is 0 Å². The van der Waals surface area contributed by atoms with Crippen molar-refractivity contribution in [2.45, 2.75) is 0 Å². The average molecular weight is 228 g/mol. The topological polar surface area (TPSA) is 0 Å². The molecule has 0 unspecified atom stereocenters. The maximum absolute atomic E-state index is 2.30. The first-order valence-corrected chi connectivity index (χ1v) is 6.23. The van der Waals surface area contributed by atoms with E-state index >= 15 is 0 Å². The summed E-state index contributed by atoms with van der Waals surface area (Å²) in [6.07, 6.45) is 2.30. The smallest absolute Gasteiger partial charge is 0.00324 e. The van der Waals surface area contributed by atoms with Crippen LogP contribution in [0.1, 0.15) is 16.7 Å². The summed E-state index contributed by atoms with van der Waals surface area (Å²) in [6.45, 7) is 0. The van der Waals surface area contributed by atoms with Crippen LogP contribution in [0.5, 0.6) is 0 Å². The number of hydrogen-bond donors (Lipinski definition) is 0. The molecule has 0 N–H and O–H groups in total. The summed E-state index contributed by atoms with van der Waals surface area (Å²) >= 11 is 0. The highest BCUT2D eigenvalue weighted by atomic mass is 14.2. The van der Waals surface area contributed by atoms with Gasteiger partial charge in [-0.15, -0.1) is 0 Å². The highest BCUT2D eigenvalue weighted by molar-refractivity contribution is 6.12. The van der Waals surface area contributed by atoms with Crippen LogP contribution < -0.4 is 0 Å². The third-order valence-electron chi connectivity index (χ3n) is 3.61. The fourth-order valence-corrected chi connectivity index (χ4v) is 2.80. The summed E-state index contributed by atoms with van der Waals surface area (Å²) in [7, 11) is 0. The van der Waals surface area contributed by atoms with Crippen molar-refractivity contribution in [2.75, 3.05) is 0 Å². The summed E-state index contributed by atoms with van der Waals surface area (Å²) in [5, 5.41) is 2.71. The van der Waals surface area contributed by atoms with Crippen molar-refractivity contribution in [3.05, 3.63) is 83.4 Å². The van der Waals surface area contributed by atoms with Gasteiger partial charge in [0.05, 0.1) is 0 Å². The van der Waals surface area contributed by atoms with Crippen molar-refractivity contribution in [3.8, 4) is 0 Å². The second kappa shape index (κ2) is 3.58. The molecule has 0 saturated heterocycles. The van der Waals surface area contributed by atoms with Crippen molar-refractivity contribution < 1.29 is 0 Å². The molecule has 0 spiro atoms. The third kappa shape index (κ3) is 1.26. The van der Waals surface area contributed by atoms with Crippen molar-refractivity contribution in [3.63, 3.8) is 0 Å². The van der Waals surface area contributed by atoms with Gasteiger partial charge in [0.25, 0.3) is 0 Å². The lowest BCUT2D eigenvalue weighted by Gasteiger charge is -2.05. The fraction of sp³-hybridized carbons (Fsp3) is 0. The Morgan fingerprint density at radius 1 is 0.611 bits per heavy atom. The number of hydrogen-bond acceptors (Lipinski definition) is 0. The molecule has 0 heteroatoms. The van der Waals surface area contributed by atoms with Crippen LogP contribution >= 0.6 is 0 Å². The molecule has 0 nitrogen and oxygen atoms in total. The van der Waals surface area contributed by atoms with Crippen molar-refractivity contribution in [2.24, 2.45) is 0 Å². The van der Waals surface area contributed by atoms with Crippen LogP contribution in [0.4, 0.5) is 0 Å². The van der Waals surface area contributed by atoms with Gasteiger partial charge in [0.2, 0.25) is 0 Å². The summed E-state index contributed by atoms with van der Waals surface area (Å²) in [5.41, 5.74) is 5.32. The molecule has 3 aromatic rings. The zero-order chi connectivity index (χ0) is 11.9. The highest BCUT2D eigenvalue weighted by Gasteiger charge is 2.16. The molecule has 0 radical (unpaired) electrons. The van der Waals surface area contributed by atoms with Gasteiger partial charge in [0.1, 0.15) is 0 Å². The first-order chi connectivity index (χ1) is 8.93. The summed E-state index contributed by atoms with van der Waals surface area (Å²) in [5.74, 6) is 0. The van der Waals surface area contributed by atoms with Crippen LogP contribution in [0, 0.1) is 0 Å².